The lowest BCUT2D eigenvalue weighted by Crippen LogP contribution is -2.31. The molecule has 0 aromatic heterocycles. The lowest BCUT2D eigenvalue weighted by Gasteiger charge is -2.23. The summed E-state index contributed by atoms with van der Waals surface area (Å²) in [5.41, 5.74) is 1.88. The van der Waals surface area contributed by atoms with Gasteiger partial charge in [-0.1, -0.05) is 12.1 Å². The van der Waals surface area contributed by atoms with Crippen molar-refractivity contribution in [2.75, 3.05) is 13.1 Å². The predicted molar refractivity (Wildman–Crippen MR) is 55.4 cm³/mol. The molecule has 1 heterocycles. The highest BCUT2D eigenvalue weighted by Gasteiger charge is 2.55. The Kier molecular flexibility index (Phi) is 1.62. The van der Waals surface area contributed by atoms with Gasteiger partial charge in [-0.2, -0.15) is 0 Å². The fraction of sp³-hybridized carbons (Fsp3) is 0.500. The molecule has 74 valence electrons. The van der Waals surface area contributed by atoms with E-state index in [9.17, 15) is 5.11 Å². The maximum absolute atomic E-state index is 9.24. The second kappa shape index (κ2) is 2.74. The van der Waals surface area contributed by atoms with Gasteiger partial charge in [0.1, 0.15) is 5.75 Å². The van der Waals surface area contributed by atoms with E-state index in [4.69, 9.17) is 0 Å². The van der Waals surface area contributed by atoms with Crippen molar-refractivity contribution in [3.05, 3.63) is 29.8 Å². The van der Waals surface area contributed by atoms with Crippen LogP contribution in [0.15, 0.2) is 24.3 Å². The van der Waals surface area contributed by atoms with Crippen LogP contribution in [0.3, 0.4) is 0 Å². The monoisotopic (exact) mass is 189 g/mol. The topological polar surface area (TPSA) is 32.3 Å². The first-order valence-corrected chi connectivity index (χ1v) is 5.31. The molecular formula is C12H15NO. The van der Waals surface area contributed by atoms with Gasteiger partial charge >= 0.3 is 0 Å². The van der Waals surface area contributed by atoms with Crippen LogP contribution in [0.2, 0.25) is 0 Å². The predicted octanol–water partition coefficient (Wildman–Crippen LogP) is 1.64. The minimum atomic E-state index is 0.372. The van der Waals surface area contributed by atoms with E-state index in [0.29, 0.717) is 11.2 Å². The van der Waals surface area contributed by atoms with E-state index in [-0.39, 0.29) is 0 Å². The van der Waals surface area contributed by atoms with Gasteiger partial charge in [0.05, 0.1) is 0 Å². The van der Waals surface area contributed by atoms with E-state index in [1.165, 1.54) is 24.9 Å². The van der Waals surface area contributed by atoms with Gasteiger partial charge in [-0.3, -0.25) is 0 Å². The highest BCUT2D eigenvalue weighted by molar-refractivity contribution is 5.38. The van der Waals surface area contributed by atoms with Crippen molar-refractivity contribution in [3.63, 3.8) is 0 Å². The summed E-state index contributed by atoms with van der Waals surface area (Å²) in [6.07, 6.45) is 2.58. The number of fused-ring (bicyclic) bond motifs is 1. The molecule has 1 aliphatic carbocycles. The van der Waals surface area contributed by atoms with Crippen molar-refractivity contribution >= 4 is 0 Å². The molecule has 14 heavy (non-hydrogen) atoms. The van der Waals surface area contributed by atoms with E-state index in [1.54, 1.807) is 0 Å². The lowest BCUT2D eigenvalue weighted by atomic mass is 9.88. The van der Waals surface area contributed by atoms with Crippen LogP contribution in [-0.2, 0) is 5.41 Å². The average Bonchev–Trinajstić information content (AvgIpc) is 2.94. The quantitative estimate of drug-likeness (QED) is 0.704. The molecule has 2 unspecified atom stereocenters. The minimum Gasteiger partial charge on any atom is -0.508 e. The zero-order valence-electron chi connectivity index (χ0n) is 8.16. The van der Waals surface area contributed by atoms with Gasteiger partial charge in [-0.25, -0.2) is 0 Å². The smallest absolute Gasteiger partial charge is 0.115 e. The maximum Gasteiger partial charge on any atom is 0.115 e. The van der Waals surface area contributed by atoms with E-state index in [2.05, 4.69) is 17.4 Å². The first kappa shape index (κ1) is 8.30. The molecular weight excluding hydrogens is 174 g/mol. The van der Waals surface area contributed by atoms with Crippen LogP contribution in [0.1, 0.15) is 18.4 Å². The van der Waals surface area contributed by atoms with Crippen molar-refractivity contribution in [1.29, 1.82) is 0 Å². The van der Waals surface area contributed by atoms with E-state index >= 15 is 0 Å². The Balaban J connectivity index is 1.92. The van der Waals surface area contributed by atoms with Gasteiger partial charge in [0, 0.05) is 5.41 Å². The summed E-state index contributed by atoms with van der Waals surface area (Å²) >= 11 is 0. The summed E-state index contributed by atoms with van der Waals surface area (Å²) < 4.78 is 0. The number of nitrogens with one attached hydrogen (secondary N) is 1. The van der Waals surface area contributed by atoms with Gasteiger partial charge < -0.3 is 10.4 Å². The molecule has 0 bridgehead atoms. The summed E-state index contributed by atoms with van der Waals surface area (Å²) in [6.45, 7) is 2.30. The third kappa shape index (κ3) is 1.07. The molecule has 2 heteroatoms. The van der Waals surface area contributed by atoms with Gasteiger partial charge in [0.15, 0.2) is 0 Å². The standard InChI is InChI=1S/C12H15NO/c14-11-3-1-9(2-4-11)12-5-6-13-8-10(12)7-12/h1-4,10,13-14H,5-8H2. The molecule has 1 aliphatic heterocycles. The van der Waals surface area contributed by atoms with Crippen LogP contribution < -0.4 is 5.32 Å². The zero-order valence-corrected chi connectivity index (χ0v) is 8.16. The Morgan fingerprint density at radius 1 is 1.29 bits per heavy atom. The van der Waals surface area contributed by atoms with Crippen LogP contribution in [0, 0.1) is 5.92 Å². The Hall–Kier alpha value is -1.02. The third-order valence-corrected chi connectivity index (χ3v) is 3.81. The van der Waals surface area contributed by atoms with Crippen LogP contribution in [0.25, 0.3) is 0 Å². The van der Waals surface area contributed by atoms with E-state index in [0.717, 1.165) is 12.5 Å². The summed E-state index contributed by atoms with van der Waals surface area (Å²) in [4.78, 5) is 0. The number of phenolic OH excluding ortho intramolecular Hbond substituents is 1. The highest BCUT2D eigenvalue weighted by Crippen LogP contribution is 2.57. The molecule has 3 rings (SSSR count). The SMILES string of the molecule is Oc1ccc(C23CCNCC2C3)cc1. The number of hydrogen-bond acceptors (Lipinski definition) is 2. The molecule has 1 aromatic carbocycles. The van der Waals surface area contributed by atoms with Crippen molar-refractivity contribution in [1.82, 2.24) is 5.32 Å². The zero-order chi connectivity index (χ0) is 9.60. The second-order valence-electron chi connectivity index (χ2n) is 4.56. The highest BCUT2D eigenvalue weighted by atomic mass is 16.3. The number of rotatable bonds is 1. The van der Waals surface area contributed by atoms with Crippen molar-refractivity contribution in [2.24, 2.45) is 5.92 Å². The summed E-state index contributed by atoms with van der Waals surface area (Å²) in [6, 6.07) is 7.78. The summed E-state index contributed by atoms with van der Waals surface area (Å²) in [5.74, 6) is 1.21. The largest absolute Gasteiger partial charge is 0.508 e. The third-order valence-electron chi connectivity index (χ3n) is 3.81. The number of piperidine rings is 1. The second-order valence-corrected chi connectivity index (χ2v) is 4.56. The number of phenols is 1. The van der Waals surface area contributed by atoms with E-state index < -0.39 is 0 Å². The van der Waals surface area contributed by atoms with Gasteiger partial charge in [0.25, 0.3) is 0 Å². The van der Waals surface area contributed by atoms with E-state index in [1.807, 2.05) is 12.1 Å². The molecule has 1 saturated heterocycles. The lowest BCUT2D eigenvalue weighted by molar-refractivity contribution is 0.443. The Morgan fingerprint density at radius 2 is 2.07 bits per heavy atom. The molecule has 2 N–H and O–H groups in total. The minimum absolute atomic E-state index is 0.372. The van der Waals surface area contributed by atoms with Gasteiger partial charge in [0.2, 0.25) is 0 Å². The Bertz CT molecular complexity index is 346. The van der Waals surface area contributed by atoms with Crippen LogP contribution >= 0.6 is 0 Å². The van der Waals surface area contributed by atoms with Crippen molar-refractivity contribution in [3.8, 4) is 5.75 Å². The molecule has 2 atom stereocenters. The Morgan fingerprint density at radius 3 is 2.79 bits per heavy atom. The fourth-order valence-electron chi connectivity index (χ4n) is 2.83. The molecule has 2 nitrogen and oxygen atoms in total. The fourth-order valence-corrected chi connectivity index (χ4v) is 2.83. The first-order chi connectivity index (χ1) is 6.81. The number of benzene rings is 1. The molecule has 1 saturated carbocycles. The van der Waals surface area contributed by atoms with Crippen LogP contribution in [0.5, 0.6) is 5.75 Å². The molecule has 0 spiro atoms. The molecule has 1 aromatic rings. The summed E-state index contributed by atoms with van der Waals surface area (Å²) in [5, 5.41) is 12.7. The summed E-state index contributed by atoms with van der Waals surface area (Å²) in [7, 11) is 0. The van der Waals surface area contributed by atoms with Crippen LogP contribution in [-0.4, -0.2) is 18.2 Å². The van der Waals surface area contributed by atoms with Crippen LogP contribution in [0.4, 0.5) is 0 Å². The average molecular weight is 189 g/mol. The molecule has 2 fully saturated rings. The normalized spacial score (nSPS) is 35.0. The number of hydrogen-bond donors (Lipinski definition) is 2. The maximum atomic E-state index is 9.24. The first-order valence-electron chi connectivity index (χ1n) is 5.31. The number of aromatic hydroxyl groups is 1. The Labute approximate surface area is 84.0 Å². The molecule has 0 radical (unpaired) electrons. The molecule has 2 aliphatic rings. The van der Waals surface area contributed by atoms with Crippen molar-refractivity contribution in [2.45, 2.75) is 18.3 Å². The molecule has 0 amide bonds. The van der Waals surface area contributed by atoms with Gasteiger partial charge in [-0.15, -0.1) is 0 Å². The van der Waals surface area contributed by atoms with Crippen molar-refractivity contribution < 1.29 is 5.11 Å². The van der Waals surface area contributed by atoms with Gasteiger partial charge in [-0.05, 0) is 49.5 Å².